The third kappa shape index (κ3) is 4.73. The van der Waals surface area contributed by atoms with Crippen LogP contribution in [0.4, 0.5) is 11.4 Å². The monoisotopic (exact) mass is 443 g/mol. The fourth-order valence-corrected chi connectivity index (χ4v) is 5.18. The number of hydrogen-bond donors (Lipinski definition) is 1. The highest BCUT2D eigenvalue weighted by Gasteiger charge is 2.20. The van der Waals surface area contributed by atoms with E-state index in [2.05, 4.69) is 62.3 Å². The quantitative estimate of drug-likeness (QED) is 0.464. The van der Waals surface area contributed by atoms with E-state index in [-0.39, 0.29) is 5.91 Å². The third-order valence-electron chi connectivity index (χ3n) is 5.80. The molecule has 0 aliphatic carbocycles. The molecule has 4 nitrogen and oxygen atoms in total. The van der Waals surface area contributed by atoms with Gasteiger partial charge in [0.15, 0.2) is 0 Å². The van der Waals surface area contributed by atoms with Crippen LogP contribution in [0.5, 0.6) is 0 Å². The molecule has 3 aromatic carbocycles. The van der Waals surface area contributed by atoms with Gasteiger partial charge in [0.2, 0.25) is 0 Å². The standard InChI is InChI=1S/C27H29N3OS/c1-18-11-12-19(2)26-25(18)20(3)29-23-17-21(13-14-24(23)32-26)27(31)28-15-8-16-30(4)22-9-6-5-7-10-22/h5-7,9-14,17H,8,15-16H2,1-4H3,(H,28,31). The van der Waals surface area contributed by atoms with Gasteiger partial charge < -0.3 is 10.2 Å². The fourth-order valence-electron chi connectivity index (χ4n) is 3.98. The number of rotatable bonds is 6. The maximum atomic E-state index is 12.8. The van der Waals surface area contributed by atoms with E-state index in [4.69, 9.17) is 4.99 Å². The van der Waals surface area contributed by atoms with Gasteiger partial charge in [-0.25, -0.2) is 0 Å². The van der Waals surface area contributed by atoms with E-state index in [1.807, 2.05) is 36.4 Å². The maximum absolute atomic E-state index is 12.8. The molecule has 164 valence electrons. The van der Waals surface area contributed by atoms with Gasteiger partial charge in [-0.05, 0) is 68.7 Å². The van der Waals surface area contributed by atoms with E-state index >= 15 is 0 Å². The van der Waals surface area contributed by atoms with Gasteiger partial charge in [-0.3, -0.25) is 9.79 Å². The minimum Gasteiger partial charge on any atom is -0.375 e. The second-order valence-corrected chi connectivity index (χ2v) is 9.30. The Balaban J connectivity index is 1.42. The van der Waals surface area contributed by atoms with Crippen molar-refractivity contribution >= 4 is 34.8 Å². The number of fused-ring (bicyclic) bond motifs is 2. The van der Waals surface area contributed by atoms with E-state index in [0.717, 1.165) is 29.3 Å². The summed E-state index contributed by atoms with van der Waals surface area (Å²) in [5, 5.41) is 3.05. The SMILES string of the molecule is CC1=Nc2cc(C(=O)NCCCN(C)c3ccccc3)ccc2Sc2c(C)ccc(C)c21. The summed E-state index contributed by atoms with van der Waals surface area (Å²) in [6.45, 7) is 7.83. The number of nitrogens with one attached hydrogen (secondary N) is 1. The number of carbonyl (C=O) groups excluding carboxylic acids is 1. The molecular weight excluding hydrogens is 414 g/mol. The van der Waals surface area contributed by atoms with Crippen molar-refractivity contribution in [3.05, 3.63) is 82.9 Å². The van der Waals surface area contributed by atoms with Crippen molar-refractivity contribution in [2.45, 2.75) is 37.0 Å². The summed E-state index contributed by atoms with van der Waals surface area (Å²) in [5.41, 5.74) is 7.37. The van der Waals surface area contributed by atoms with Crippen LogP contribution < -0.4 is 10.2 Å². The van der Waals surface area contributed by atoms with Crippen LogP contribution in [0.3, 0.4) is 0 Å². The van der Waals surface area contributed by atoms with Crippen molar-refractivity contribution in [3.8, 4) is 0 Å². The van der Waals surface area contributed by atoms with Crippen LogP contribution in [0, 0.1) is 13.8 Å². The normalized spacial score (nSPS) is 12.3. The van der Waals surface area contributed by atoms with Crippen LogP contribution in [-0.2, 0) is 0 Å². The molecule has 0 fully saturated rings. The van der Waals surface area contributed by atoms with Crippen molar-refractivity contribution < 1.29 is 4.79 Å². The second kappa shape index (κ2) is 9.61. The molecule has 1 aliphatic rings. The van der Waals surface area contributed by atoms with Crippen LogP contribution in [0.15, 0.2) is 75.4 Å². The number of aryl methyl sites for hydroxylation is 2. The molecular formula is C27H29N3OS. The highest BCUT2D eigenvalue weighted by atomic mass is 32.2. The van der Waals surface area contributed by atoms with Gasteiger partial charge in [-0.2, -0.15) is 0 Å². The van der Waals surface area contributed by atoms with Crippen molar-refractivity contribution in [1.82, 2.24) is 5.32 Å². The summed E-state index contributed by atoms with van der Waals surface area (Å²) in [6.07, 6.45) is 0.878. The molecule has 3 aromatic rings. The van der Waals surface area contributed by atoms with Crippen molar-refractivity contribution in [2.75, 3.05) is 25.0 Å². The minimum atomic E-state index is -0.0536. The number of benzene rings is 3. The van der Waals surface area contributed by atoms with Crippen LogP contribution in [-0.4, -0.2) is 31.8 Å². The summed E-state index contributed by atoms with van der Waals surface area (Å²) >= 11 is 1.74. The Hall–Kier alpha value is -3.05. The Morgan fingerprint density at radius 1 is 1.00 bits per heavy atom. The van der Waals surface area contributed by atoms with Gasteiger partial charge in [0, 0.05) is 52.5 Å². The predicted molar refractivity (Wildman–Crippen MR) is 135 cm³/mol. The first-order chi connectivity index (χ1) is 15.4. The van der Waals surface area contributed by atoms with Crippen LogP contribution >= 0.6 is 11.8 Å². The van der Waals surface area contributed by atoms with E-state index < -0.39 is 0 Å². The van der Waals surface area contributed by atoms with Crippen molar-refractivity contribution in [2.24, 2.45) is 4.99 Å². The first kappa shape index (κ1) is 22.2. The molecule has 1 N–H and O–H groups in total. The average molecular weight is 444 g/mol. The highest BCUT2D eigenvalue weighted by Crippen LogP contribution is 2.43. The van der Waals surface area contributed by atoms with Crippen molar-refractivity contribution in [3.63, 3.8) is 0 Å². The molecule has 0 atom stereocenters. The zero-order valence-corrected chi connectivity index (χ0v) is 19.9. The molecule has 4 rings (SSSR count). The molecule has 0 radical (unpaired) electrons. The van der Waals surface area contributed by atoms with E-state index in [1.54, 1.807) is 11.8 Å². The molecule has 0 bridgehead atoms. The smallest absolute Gasteiger partial charge is 0.251 e. The molecule has 1 aliphatic heterocycles. The van der Waals surface area contributed by atoms with Gasteiger partial charge in [0.1, 0.15) is 0 Å². The van der Waals surface area contributed by atoms with Gasteiger partial charge in [0.05, 0.1) is 5.69 Å². The lowest BCUT2D eigenvalue weighted by atomic mass is 10.0. The Labute approximate surface area is 194 Å². The number of para-hydroxylation sites is 1. The van der Waals surface area contributed by atoms with Gasteiger partial charge >= 0.3 is 0 Å². The van der Waals surface area contributed by atoms with Gasteiger partial charge in [-0.15, -0.1) is 0 Å². The number of hydrogen-bond acceptors (Lipinski definition) is 4. The molecule has 0 aromatic heterocycles. The molecule has 0 saturated heterocycles. The third-order valence-corrected chi connectivity index (χ3v) is 7.09. The Kier molecular flexibility index (Phi) is 6.66. The molecule has 32 heavy (non-hydrogen) atoms. The maximum Gasteiger partial charge on any atom is 0.251 e. The molecule has 0 saturated carbocycles. The van der Waals surface area contributed by atoms with Gasteiger partial charge in [0.25, 0.3) is 5.91 Å². The molecule has 5 heteroatoms. The molecule has 0 unspecified atom stereocenters. The first-order valence-electron chi connectivity index (χ1n) is 11.0. The Morgan fingerprint density at radius 3 is 2.53 bits per heavy atom. The zero-order chi connectivity index (χ0) is 22.7. The lowest BCUT2D eigenvalue weighted by Crippen LogP contribution is -2.28. The topological polar surface area (TPSA) is 44.7 Å². The summed E-state index contributed by atoms with van der Waals surface area (Å²) in [5.74, 6) is -0.0536. The first-order valence-corrected chi connectivity index (χ1v) is 11.8. The minimum absolute atomic E-state index is 0.0536. The number of nitrogens with zero attached hydrogens (tertiary/aromatic N) is 2. The van der Waals surface area contributed by atoms with Gasteiger partial charge in [-0.1, -0.05) is 42.1 Å². The molecule has 0 spiro atoms. The Morgan fingerprint density at radius 2 is 1.75 bits per heavy atom. The highest BCUT2D eigenvalue weighted by molar-refractivity contribution is 7.99. The second-order valence-electron chi connectivity index (χ2n) is 8.25. The summed E-state index contributed by atoms with van der Waals surface area (Å²) in [7, 11) is 2.07. The van der Waals surface area contributed by atoms with Crippen LogP contribution in [0.1, 0.15) is 40.4 Å². The number of aliphatic imine (C=N–C) groups is 1. The average Bonchev–Trinajstić information content (AvgIpc) is 2.95. The lowest BCUT2D eigenvalue weighted by Gasteiger charge is -2.19. The van der Waals surface area contributed by atoms with Crippen LogP contribution in [0.25, 0.3) is 0 Å². The summed E-state index contributed by atoms with van der Waals surface area (Å²) in [6, 6.07) is 20.4. The number of amides is 1. The largest absolute Gasteiger partial charge is 0.375 e. The molecule has 1 heterocycles. The predicted octanol–water partition coefficient (Wildman–Crippen LogP) is 6.17. The fraction of sp³-hybridized carbons (Fsp3) is 0.259. The lowest BCUT2D eigenvalue weighted by molar-refractivity contribution is 0.0953. The zero-order valence-electron chi connectivity index (χ0n) is 19.1. The van der Waals surface area contributed by atoms with E-state index in [9.17, 15) is 4.79 Å². The Bertz CT molecular complexity index is 1170. The summed E-state index contributed by atoms with van der Waals surface area (Å²) in [4.78, 5) is 22.2. The number of carbonyl (C=O) groups is 1. The van der Waals surface area contributed by atoms with Crippen LogP contribution in [0.2, 0.25) is 0 Å². The number of anilines is 1. The van der Waals surface area contributed by atoms with E-state index in [1.165, 1.54) is 27.3 Å². The van der Waals surface area contributed by atoms with E-state index in [0.29, 0.717) is 12.1 Å². The molecule has 1 amide bonds. The summed E-state index contributed by atoms with van der Waals surface area (Å²) < 4.78 is 0. The van der Waals surface area contributed by atoms with Crippen molar-refractivity contribution in [1.29, 1.82) is 0 Å².